The van der Waals surface area contributed by atoms with Crippen LogP contribution in [0, 0.1) is 5.82 Å². The maximum Gasteiger partial charge on any atom is 0.317 e. The number of hydrogen-bond donors (Lipinski definition) is 2. The molecule has 1 aliphatic carbocycles. The number of carboxylic acid groups (broad SMARTS) is 1. The van der Waals surface area contributed by atoms with Crippen LogP contribution in [0.15, 0.2) is 18.2 Å². The van der Waals surface area contributed by atoms with Gasteiger partial charge in [0.05, 0.1) is 23.8 Å². The highest BCUT2D eigenvalue weighted by molar-refractivity contribution is 6.33. The van der Waals surface area contributed by atoms with Crippen molar-refractivity contribution < 1.29 is 19.1 Å². The van der Waals surface area contributed by atoms with Crippen LogP contribution in [0.5, 0.6) is 0 Å². The molecule has 1 aromatic rings. The van der Waals surface area contributed by atoms with E-state index in [2.05, 4.69) is 5.32 Å². The highest BCUT2D eigenvalue weighted by Gasteiger charge is 2.31. The molecule has 20 heavy (non-hydrogen) atoms. The van der Waals surface area contributed by atoms with Gasteiger partial charge in [-0.05, 0) is 31.0 Å². The fourth-order valence-corrected chi connectivity index (χ4v) is 2.11. The van der Waals surface area contributed by atoms with Crippen molar-refractivity contribution in [2.75, 3.05) is 18.4 Å². The SMILES string of the molecule is O=C(O)CN(CC(=O)Nc1ccc(F)cc1Cl)C1CC1. The predicted octanol–water partition coefficient (Wildman–Crippen LogP) is 1.97. The van der Waals surface area contributed by atoms with Gasteiger partial charge in [0.15, 0.2) is 0 Å². The number of amides is 1. The second-order valence-electron chi connectivity index (χ2n) is 4.70. The van der Waals surface area contributed by atoms with E-state index in [9.17, 15) is 14.0 Å². The topological polar surface area (TPSA) is 69.6 Å². The van der Waals surface area contributed by atoms with Crippen LogP contribution in [0.4, 0.5) is 10.1 Å². The highest BCUT2D eigenvalue weighted by Crippen LogP contribution is 2.27. The molecule has 0 atom stereocenters. The Morgan fingerprint density at radius 3 is 2.65 bits per heavy atom. The van der Waals surface area contributed by atoms with Crippen molar-refractivity contribution >= 4 is 29.2 Å². The summed E-state index contributed by atoms with van der Waals surface area (Å²) < 4.78 is 12.9. The zero-order valence-corrected chi connectivity index (χ0v) is 11.4. The number of aliphatic carboxylic acids is 1. The van der Waals surface area contributed by atoms with E-state index in [1.54, 1.807) is 4.90 Å². The maximum absolute atomic E-state index is 12.9. The highest BCUT2D eigenvalue weighted by atomic mass is 35.5. The molecule has 0 saturated heterocycles. The first kappa shape index (κ1) is 14.7. The largest absolute Gasteiger partial charge is 0.480 e. The van der Waals surface area contributed by atoms with Crippen molar-refractivity contribution in [3.8, 4) is 0 Å². The Kier molecular flexibility index (Phi) is 4.57. The number of nitrogens with zero attached hydrogens (tertiary/aromatic N) is 1. The third-order valence-electron chi connectivity index (χ3n) is 2.95. The van der Waals surface area contributed by atoms with Crippen molar-refractivity contribution in [2.45, 2.75) is 18.9 Å². The van der Waals surface area contributed by atoms with Crippen LogP contribution < -0.4 is 5.32 Å². The van der Waals surface area contributed by atoms with Gasteiger partial charge in [-0.15, -0.1) is 0 Å². The van der Waals surface area contributed by atoms with Crippen LogP contribution in [0.2, 0.25) is 5.02 Å². The van der Waals surface area contributed by atoms with E-state index in [0.717, 1.165) is 18.9 Å². The molecule has 2 N–H and O–H groups in total. The number of hydrogen-bond acceptors (Lipinski definition) is 3. The Bertz CT molecular complexity index is 534. The van der Waals surface area contributed by atoms with Gasteiger partial charge in [0.25, 0.3) is 0 Å². The second-order valence-corrected chi connectivity index (χ2v) is 5.11. The van der Waals surface area contributed by atoms with Crippen molar-refractivity contribution in [1.82, 2.24) is 4.90 Å². The lowest BCUT2D eigenvalue weighted by molar-refractivity contribution is -0.138. The van der Waals surface area contributed by atoms with Gasteiger partial charge in [-0.25, -0.2) is 4.39 Å². The molecule has 0 bridgehead atoms. The average molecular weight is 301 g/mol. The summed E-state index contributed by atoms with van der Waals surface area (Å²) in [5.41, 5.74) is 0.309. The van der Waals surface area contributed by atoms with Gasteiger partial charge >= 0.3 is 5.97 Å². The Hall–Kier alpha value is -1.66. The third kappa shape index (κ3) is 4.18. The van der Waals surface area contributed by atoms with Gasteiger partial charge in [0.1, 0.15) is 5.82 Å². The summed E-state index contributed by atoms with van der Waals surface area (Å²) in [5, 5.41) is 11.5. The van der Waals surface area contributed by atoms with Gasteiger partial charge in [0.2, 0.25) is 5.91 Å². The van der Waals surface area contributed by atoms with Gasteiger partial charge in [-0.2, -0.15) is 0 Å². The number of carbonyl (C=O) groups excluding carboxylic acids is 1. The van der Waals surface area contributed by atoms with Crippen LogP contribution in [0.1, 0.15) is 12.8 Å². The van der Waals surface area contributed by atoms with Crippen LogP contribution >= 0.6 is 11.6 Å². The molecule has 0 aromatic heterocycles. The van der Waals surface area contributed by atoms with Crippen LogP contribution in [0.3, 0.4) is 0 Å². The Balaban J connectivity index is 1.95. The summed E-state index contributed by atoms with van der Waals surface area (Å²) in [6.07, 6.45) is 1.80. The number of rotatable bonds is 6. The number of anilines is 1. The fraction of sp³-hybridized carbons (Fsp3) is 0.385. The first-order valence-electron chi connectivity index (χ1n) is 6.16. The molecule has 0 aliphatic heterocycles. The van der Waals surface area contributed by atoms with E-state index in [1.165, 1.54) is 12.1 Å². The molecule has 1 saturated carbocycles. The molecule has 2 rings (SSSR count). The van der Waals surface area contributed by atoms with E-state index in [0.29, 0.717) is 5.69 Å². The fourth-order valence-electron chi connectivity index (χ4n) is 1.89. The Morgan fingerprint density at radius 1 is 1.40 bits per heavy atom. The normalized spacial score (nSPS) is 14.3. The molecule has 0 unspecified atom stereocenters. The zero-order valence-electron chi connectivity index (χ0n) is 10.6. The molecular formula is C13H14ClFN2O3. The Morgan fingerprint density at radius 2 is 2.10 bits per heavy atom. The van der Waals surface area contributed by atoms with E-state index in [1.807, 2.05) is 0 Å². The maximum atomic E-state index is 12.9. The van der Waals surface area contributed by atoms with E-state index in [-0.39, 0.29) is 30.1 Å². The van der Waals surface area contributed by atoms with Gasteiger partial charge in [0, 0.05) is 6.04 Å². The molecule has 108 valence electrons. The molecule has 5 nitrogen and oxygen atoms in total. The smallest absolute Gasteiger partial charge is 0.317 e. The van der Waals surface area contributed by atoms with Crippen molar-refractivity contribution in [3.63, 3.8) is 0 Å². The van der Waals surface area contributed by atoms with Crippen LogP contribution in [0.25, 0.3) is 0 Å². The van der Waals surface area contributed by atoms with Crippen molar-refractivity contribution in [1.29, 1.82) is 0 Å². The first-order chi connectivity index (χ1) is 9.45. The van der Waals surface area contributed by atoms with E-state index < -0.39 is 11.8 Å². The van der Waals surface area contributed by atoms with Gasteiger partial charge in [-0.3, -0.25) is 14.5 Å². The number of nitrogens with one attached hydrogen (secondary N) is 1. The van der Waals surface area contributed by atoms with Crippen molar-refractivity contribution in [3.05, 3.63) is 29.0 Å². The van der Waals surface area contributed by atoms with E-state index in [4.69, 9.17) is 16.7 Å². The second kappa shape index (κ2) is 6.19. The quantitative estimate of drug-likeness (QED) is 0.843. The lowest BCUT2D eigenvalue weighted by atomic mass is 10.3. The van der Waals surface area contributed by atoms with Crippen molar-refractivity contribution in [2.24, 2.45) is 0 Å². The molecule has 7 heteroatoms. The molecule has 0 heterocycles. The molecule has 1 aliphatic rings. The Labute approximate surface area is 120 Å². The summed E-state index contributed by atoms with van der Waals surface area (Å²) in [6, 6.07) is 3.82. The molecule has 0 radical (unpaired) electrons. The molecule has 1 fully saturated rings. The van der Waals surface area contributed by atoms with Crippen LogP contribution in [-0.2, 0) is 9.59 Å². The molecule has 1 amide bonds. The minimum Gasteiger partial charge on any atom is -0.480 e. The lowest BCUT2D eigenvalue weighted by Crippen LogP contribution is -2.38. The minimum absolute atomic E-state index is 0.0231. The predicted molar refractivity (Wildman–Crippen MR) is 72.3 cm³/mol. The first-order valence-corrected chi connectivity index (χ1v) is 6.54. The standard InChI is InChI=1S/C13H14ClFN2O3/c14-10-5-8(15)1-4-11(10)16-12(18)6-17(7-13(19)20)9-2-3-9/h1,4-5,9H,2-3,6-7H2,(H,16,18)(H,19,20). The van der Waals surface area contributed by atoms with Gasteiger partial charge < -0.3 is 10.4 Å². The zero-order chi connectivity index (χ0) is 14.7. The molecule has 1 aromatic carbocycles. The van der Waals surface area contributed by atoms with E-state index >= 15 is 0 Å². The minimum atomic E-state index is -0.968. The monoisotopic (exact) mass is 300 g/mol. The summed E-state index contributed by atoms with van der Waals surface area (Å²) in [6.45, 7) is -0.195. The molecular weight excluding hydrogens is 287 g/mol. The summed E-state index contributed by atoms with van der Waals surface area (Å²) in [7, 11) is 0. The summed E-state index contributed by atoms with van der Waals surface area (Å²) in [4.78, 5) is 24.2. The number of carbonyl (C=O) groups is 2. The number of carboxylic acids is 1. The third-order valence-corrected chi connectivity index (χ3v) is 3.27. The van der Waals surface area contributed by atoms with Crippen LogP contribution in [-0.4, -0.2) is 41.0 Å². The summed E-state index contributed by atoms with van der Waals surface area (Å²) >= 11 is 5.81. The number of halogens is 2. The average Bonchev–Trinajstić information content (AvgIpc) is 3.15. The lowest BCUT2D eigenvalue weighted by Gasteiger charge is -2.19. The number of benzene rings is 1. The molecule has 0 spiro atoms. The summed E-state index contributed by atoms with van der Waals surface area (Å²) in [5.74, 6) is -1.82. The van der Waals surface area contributed by atoms with Gasteiger partial charge in [-0.1, -0.05) is 11.6 Å².